The number of hydrogen-bond donors (Lipinski definition) is 4. The third-order valence-electron chi connectivity index (χ3n) is 2.15. The predicted molar refractivity (Wildman–Crippen MR) is 56.0 cm³/mol. The zero-order valence-corrected chi connectivity index (χ0v) is 8.47. The van der Waals surface area contributed by atoms with Gasteiger partial charge in [0.15, 0.2) is 0 Å². The van der Waals surface area contributed by atoms with Crippen molar-refractivity contribution in [3.63, 3.8) is 0 Å². The predicted octanol–water partition coefficient (Wildman–Crippen LogP) is -1.75. The SMILES string of the molecule is C1CNCCN1.N#CC1CNCCN1. The Kier molecular flexibility index (Phi) is 6.28. The van der Waals surface area contributed by atoms with Crippen LogP contribution in [0.3, 0.4) is 0 Å². The maximum Gasteiger partial charge on any atom is 0.108 e. The van der Waals surface area contributed by atoms with Gasteiger partial charge in [-0.25, -0.2) is 0 Å². The minimum atomic E-state index is 0.0312. The molecule has 5 nitrogen and oxygen atoms in total. The van der Waals surface area contributed by atoms with Crippen LogP contribution < -0.4 is 21.3 Å². The summed E-state index contributed by atoms with van der Waals surface area (Å²) in [6.07, 6.45) is 0. The zero-order valence-electron chi connectivity index (χ0n) is 8.47. The average molecular weight is 197 g/mol. The van der Waals surface area contributed by atoms with Crippen LogP contribution in [-0.4, -0.2) is 51.9 Å². The van der Waals surface area contributed by atoms with Gasteiger partial charge in [-0.15, -0.1) is 0 Å². The Hall–Kier alpha value is -0.670. The monoisotopic (exact) mass is 197 g/mol. The summed E-state index contributed by atoms with van der Waals surface area (Å²) in [6.45, 7) is 7.24. The van der Waals surface area contributed by atoms with Crippen molar-refractivity contribution >= 4 is 0 Å². The van der Waals surface area contributed by atoms with E-state index in [9.17, 15) is 0 Å². The van der Waals surface area contributed by atoms with Crippen molar-refractivity contribution in [2.75, 3.05) is 45.8 Å². The van der Waals surface area contributed by atoms with Gasteiger partial charge in [0, 0.05) is 45.8 Å². The van der Waals surface area contributed by atoms with Crippen molar-refractivity contribution in [1.82, 2.24) is 21.3 Å². The highest BCUT2D eigenvalue weighted by molar-refractivity contribution is 4.93. The van der Waals surface area contributed by atoms with Gasteiger partial charge in [0.25, 0.3) is 0 Å². The summed E-state index contributed by atoms with van der Waals surface area (Å²) in [5.74, 6) is 0. The first-order chi connectivity index (χ1) is 6.93. The lowest BCUT2D eigenvalue weighted by atomic mass is 10.3. The van der Waals surface area contributed by atoms with E-state index in [1.54, 1.807) is 0 Å². The molecule has 0 aromatic heterocycles. The first-order valence-electron chi connectivity index (χ1n) is 5.18. The first-order valence-corrected chi connectivity index (χ1v) is 5.18. The van der Waals surface area contributed by atoms with E-state index in [-0.39, 0.29) is 6.04 Å². The molecule has 1 unspecified atom stereocenters. The van der Waals surface area contributed by atoms with Gasteiger partial charge in [0.2, 0.25) is 0 Å². The van der Waals surface area contributed by atoms with Crippen molar-refractivity contribution in [3.8, 4) is 6.07 Å². The van der Waals surface area contributed by atoms with Crippen LogP contribution in [0.2, 0.25) is 0 Å². The van der Waals surface area contributed by atoms with Crippen LogP contribution in [0.25, 0.3) is 0 Å². The number of nitrogens with one attached hydrogen (secondary N) is 4. The van der Waals surface area contributed by atoms with Crippen LogP contribution in [0.15, 0.2) is 0 Å². The second-order valence-corrected chi connectivity index (χ2v) is 3.34. The number of nitrogens with zero attached hydrogens (tertiary/aromatic N) is 1. The highest BCUT2D eigenvalue weighted by Crippen LogP contribution is 1.81. The molecule has 0 aliphatic carbocycles. The summed E-state index contributed by atoms with van der Waals surface area (Å²) >= 11 is 0. The summed E-state index contributed by atoms with van der Waals surface area (Å²) in [5, 5.41) is 20.9. The maximum atomic E-state index is 8.34. The van der Waals surface area contributed by atoms with E-state index >= 15 is 0 Å². The van der Waals surface area contributed by atoms with Crippen molar-refractivity contribution in [3.05, 3.63) is 0 Å². The van der Waals surface area contributed by atoms with E-state index in [2.05, 4.69) is 27.3 Å². The van der Waals surface area contributed by atoms with Gasteiger partial charge in [-0.3, -0.25) is 5.32 Å². The third-order valence-corrected chi connectivity index (χ3v) is 2.15. The van der Waals surface area contributed by atoms with E-state index < -0.39 is 0 Å². The molecule has 0 aromatic carbocycles. The number of nitriles is 1. The molecule has 2 heterocycles. The van der Waals surface area contributed by atoms with Gasteiger partial charge in [-0.2, -0.15) is 5.26 Å². The zero-order chi connectivity index (χ0) is 10.1. The van der Waals surface area contributed by atoms with Gasteiger partial charge < -0.3 is 16.0 Å². The van der Waals surface area contributed by atoms with Crippen LogP contribution in [0.4, 0.5) is 0 Å². The Morgan fingerprint density at radius 3 is 1.71 bits per heavy atom. The molecule has 2 fully saturated rings. The van der Waals surface area contributed by atoms with Crippen LogP contribution in [-0.2, 0) is 0 Å². The molecule has 4 N–H and O–H groups in total. The molecule has 2 saturated heterocycles. The molecule has 80 valence electrons. The first kappa shape index (κ1) is 11.4. The lowest BCUT2D eigenvalue weighted by molar-refractivity contribution is 0.477. The van der Waals surface area contributed by atoms with E-state index in [1.807, 2.05) is 0 Å². The molecule has 0 spiro atoms. The fourth-order valence-electron chi connectivity index (χ4n) is 1.35. The molecule has 2 aliphatic heterocycles. The second-order valence-electron chi connectivity index (χ2n) is 3.34. The van der Waals surface area contributed by atoms with Gasteiger partial charge >= 0.3 is 0 Å². The Balaban J connectivity index is 0.000000146. The quantitative estimate of drug-likeness (QED) is 0.371. The molecular formula is C9H19N5. The summed E-state index contributed by atoms with van der Waals surface area (Å²) in [5.41, 5.74) is 0. The fourth-order valence-corrected chi connectivity index (χ4v) is 1.35. The standard InChI is InChI=1S/C5H9N3.C4H10N2/c6-3-5-4-7-1-2-8-5;1-2-6-4-3-5-1/h5,7-8H,1-2,4H2;5-6H,1-4H2. The molecule has 1 atom stereocenters. The van der Waals surface area contributed by atoms with Gasteiger partial charge in [0.1, 0.15) is 6.04 Å². The molecule has 0 saturated carbocycles. The number of piperazine rings is 2. The average Bonchev–Trinajstić information content (AvgIpc) is 2.33. The van der Waals surface area contributed by atoms with Crippen LogP contribution in [0.5, 0.6) is 0 Å². The largest absolute Gasteiger partial charge is 0.314 e. The Morgan fingerprint density at radius 1 is 0.857 bits per heavy atom. The van der Waals surface area contributed by atoms with Gasteiger partial charge in [-0.1, -0.05) is 0 Å². The molecule has 2 aliphatic rings. The summed E-state index contributed by atoms with van der Waals surface area (Å²) in [6, 6.07) is 2.16. The summed E-state index contributed by atoms with van der Waals surface area (Å²) in [4.78, 5) is 0. The van der Waals surface area contributed by atoms with E-state index in [1.165, 1.54) is 0 Å². The van der Waals surface area contributed by atoms with Crippen LogP contribution in [0, 0.1) is 11.3 Å². The van der Waals surface area contributed by atoms with Crippen molar-refractivity contribution < 1.29 is 0 Å². The van der Waals surface area contributed by atoms with E-state index in [0.29, 0.717) is 0 Å². The lowest BCUT2D eigenvalue weighted by Gasteiger charge is -2.17. The Labute approximate surface area is 85.2 Å². The highest BCUT2D eigenvalue weighted by atomic mass is 15.0. The van der Waals surface area contributed by atoms with Crippen molar-refractivity contribution in [2.24, 2.45) is 0 Å². The van der Waals surface area contributed by atoms with Crippen LogP contribution in [0.1, 0.15) is 0 Å². The van der Waals surface area contributed by atoms with E-state index in [4.69, 9.17) is 5.26 Å². The van der Waals surface area contributed by atoms with E-state index in [0.717, 1.165) is 45.8 Å². The Bertz CT molecular complexity index is 155. The molecule has 0 amide bonds. The second kappa shape index (κ2) is 7.71. The highest BCUT2D eigenvalue weighted by Gasteiger charge is 2.08. The molecule has 0 radical (unpaired) electrons. The summed E-state index contributed by atoms with van der Waals surface area (Å²) < 4.78 is 0. The lowest BCUT2D eigenvalue weighted by Crippen LogP contribution is -2.47. The smallest absolute Gasteiger partial charge is 0.108 e. The van der Waals surface area contributed by atoms with Crippen molar-refractivity contribution in [2.45, 2.75) is 6.04 Å². The topological polar surface area (TPSA) is 71.9 Å². The summed E-state index contributed by atoms with van der Waals surface area (Å²) in [7, 11) is 0. The van der Waals surface area contributed by atoms with Crippen molar-refractivity contribution in [1.29, 1.82) is 5.26 Å². The maximum absolute atomic E-state index is 8.34. The van der Waals surface area contributed by atoms with Gasteiger partial charge in [0.05, 0.1) is 6.07 Å². The minimum absolute atomic E-state index is 0.0312. The molecule has 0 aromatic rings. The fraction of sp³-hybridized carbons (Fsp3) is 0.889. The number of hydrogen-bond acceptors (Lipinski definition) is 5. The normalized spacial score (nSPS) is 26.9. The molecule has 14 heavy (non-hydrogen) atoms. The van der Waals surface area contributed by atoms with Gasteiger partial charge in [-0.05, 0) is 0 Å². The number of rotatable bonds is 0. The molecule has 2 rings (SSSR count). The Morgan fingerprint density at radius 2 is 1.43 bits per heavy atom. The van der Waals surface area contributed by atoms with Crippen LogP contribution >= 0.6 is 0 Å². The molecule has 0 bridgehead atoms. The minimum Gasteiger partial charge on any atom is -0.314 e. The third kappa shape index (κ3) is 5.14. The molecular weight excluding hydrogens is 178 g/mol. The molecule has 5 heteroatoms.